The van der Waals surface area contributed by atoms with Gasteiger partial charge in [0, 0.05) is 30.8 Å². The third kappa shape index (κ3) is 3.20. The number of carbonyl (C=O) groups excluding carboxylic acids is 2. The van der Waals surface area contributed by atoms with E-state index in [1.165, 1.54) is 11.1 Å². The van der Waals surface area contributed by atoms with Crippen LogP contribution in [-0.4, -0.2) is 29.8 Å². The number of fused-ring (bicyclic) bond motifs is 1. The Balaban J connectivity index is 1.54. The largest absolute Gasteiger partial charge is 0.334 e. The van der Waals surface area contributed by atoms with Crippen LogP contribution in [0.4, 0.5) is 5.69 Å². The smallest absolute Gasteiger partial charge is 0.254 e. The summed E-state index contributed by atoms with van der Waals surface area (Å²) in [7, 11) is 0. The second-order valence-electron chi connectivity index (χ2n) is 6.53. The molecule has 2 amide bonds. The van der Waals surface area contributed by atoms with E-state index in [0.717, 1.165) is 24.2 Å². The summed E-state index contributed by atoms with van der Waals surface area (Å²) in [6.45, 7) is 1.37. The highest BCUT2D eigenvalue weighted by Crippen LogP contribution is 2.26. The molecule has 25 heavy (non-hydrogen) atoms. The Morgan fingerprint density at radius 1 is 1.04 bits per heavy atom. The van der Waals surface area contributed by atoms with Crippen molar-refractivity contribution < 1.29 is 9.59 Å². The molecule has 0 unspecified atom stereocenters. The maximum Gasteiger partial charge on any atom is 0.254 e. The van der Waals surface area contributed by atoms with E-state index in [2.05, 4.69) is 23.5 Å². The fourth-order valence-corrected chi connectivity index (χ4v) is 3.48. The predicted octanol–water partition coefficient (Wildman–Crippen LogP) is 3.50. The van der Waals surface area contributed by atoms with Crippen molar-refractivity contribution in [3.05, 3.63) is 71.3 Å². The maximum atomic E-state index is 12.9. The lowest BCUT2D eigenvalue weighted by Crippen LogP contribution is -2.35. The Hall–Kier alpha value is -2.88. The Morgan fingerprint density at radius 3 is 2.72 bits per heavy atom. The van der Waals surface area contributed by atoms with Crippen LogP contribution in [0, 0.1) is 0 Å². The van der Waals surface area contributed by atoms with Crippen LogP contribution in [0.25, 0.3) is 5.57 Å². The second-order valence-corrected chi connectivity index (χ2v) is 6.53. The van der Waals surface area contributed by atoms with Crippen LogP contribution < -0.4 is 5.32 Å². The molecule has 0 fully saturated rings. The van der Waals surface area contributed by atoms with E-state index in [1.54, 1.807) is 0 Å². The highest BCUT2D eigenvalue weighted by Gasteiger charge is 2.22. The minimum Gasteiger partial charge on any atom is -0.334 e. The minimum absolute atomic E-state index is 0.0419. The first kappa shape index (κ1) is 15.6. The number of amides is 2. The number of aryl methyl sites for hydroxylation is 1. The number of benzene rings is 2. The fraction of sp³-hybridized carbons (Fsp3) is 0.238. The van der Waals surface area contributed by atoms with Gasteiger partial charge in [-0.2, -0.15) is 0 Å². The van der Waals surface area contributed by atoms with Crippen LogP contribution in [0.5, 0.6) is 0 Å². The Kier molecular flexibility index (Phi) is 4.10. The van der Waals surface area contributed by atoms with Gasteiger partial charge in [0.05, 0.1) is 0 Å². The molecule has 0 aromatic heterocycles. The summed E-state index contributed by atoms with van der Waals surface area (Å²) in [4.78, 5) is 26.3. The number of nitrogens with one attached hydrogen (secondary N) is 1. The van der Waals surface area contributed by atoms with Crippen molar-refractivity contribution in [1.29, 1.82) is 0 Å². The van der Waals surface area contributed by atoms with Gasteiger partial charge >= 0.3 is 0 Å². The van der Waals surface area contributed by atoms with Crippen LogP contribution >= 0.6 is 0 Å². The number of nitrogens with zero attached hydrogens (tertiary/aromatic N) is 1. The van der Waals surface area contributed by atoms with E-state index in [4.69, 9.17) is 0 Å². The average molecular weight is 332 g/mol. The molecule has 2 aliphatic heterocycles. The van der Waals surface area contributed by atoms with Crippen LogP contribution in [0.2, 0.25) is 0 Å². The Bertz CT molecular complexity index is 855. The minimum atomic E-state index is 0.0419. The van der Waals surface area contributed by atoms with Crippen LogP contribution in [0.3, 0.4) is 0 Å². The predicted molar refractivity (Wildman–Crippen MR) is 98.3 cm³/mol. The summed E-state index contributed by atoms with van der Waals surface area (Å²) in [5.41, 5.74) is 4.94. The lowest BCUT2D eigenvalue weighted by atomic mass is 9.98. The molecule has 0 bridgehead atoms. The van der Waals surface area contributed by atoms with Crippen LogP contribution in [-0.2, 0) is 11.2 Å². The quantitative estimate of drug-likeness (QED) is 0.915. The second kappa shape index (κ2) is 6.55. The van der Waals surface area contributed by atoms with E-state index in [-0.39, 0.29) is 11.8 Å². The summed E-state index contributed by atoms with van der Waals surface area (Å²) < 4.78 is 0. The highest BCUT2D eigenvalue weighted by molar-refractivity contribution is 5.98. The van der Waals surface area contributed by atoms with Gasteiger partial charge in [-0.3, -0.25) is 9.59 Å². The molecule has 4 rings (SSSR count). The number of rotatable bonds is 2. The van der Waals surface area contributed by atoms with Crippen molar-refractivity contribution in [2.75, 3.05) is 18.4 Å². The number of hydrogen-bond acceptors (Lipinski definition) is 2. The number of hydrogen-bond donors (Lipinski definition) is 1. The summed E-state index contributed by atoms with van der Waals surface area (Å²) in [5, 5.41) is 2.86. The molecule has 126 valence electrons. The molecule has 4 nitrogen and oxygen atoms in total. The van der Waals surface area contributed by atoms with E-state index >= 15 is 0 Å². The highest BCUT2D eigenvalue weighted by atomic mass is 16.2. The summed E-state index contributed by atoms with van der Waals surface area (Å²) in [6.07, 6.45) is 4.27. The molecule has 0 saturated carbocycles. The molecule has 1 N–H and O–H groups in total. The van der Waals surface area contributed by atoms with E-state index in [9.17, 15) is 9.59 Å². The van der Waals surface area contributed by atoms with Crippen LogP contribution in [0.15, 0.2) is 54.6 Å². The first-order valence-corrected chi connectivity index (χ1v) is 8.67. The van der Waals surface area contributed by atoms with Gasteiger partial charge in [-0.15, -0.1) is 0 Å². The van der Waals surface area contributed by atoms with Gasteiger partial charge in [0.1, 0.15) is 0 Å². The first-order valence-electron chi connectivity index (χ1n) is 8.67. The molecule has 2 aromatic carbocycles. The van der Waals surface area contributed by atoms with Crippen molar-refractivity contribution >= 4 is 23.1 Å². The van der Waals surface area contributed by atoms with Gasteiger partial charge in [-0.05, 0) is 47.7 Å². The van der Waals surface area contributed by atoms with Crippen molar-refractivity contribution in [2.45, 2.75) is 19.3 Å². The number of anilines is 1. The normalized spacial score (nSPS) is 16.7. The Labute approximate surface area is 147 Å². The molecular weight excluding hydrogens is 312 g/mol. The van der Waals surface area contributed by atoms with Crippen molar-refractivity contribution in [1.82, 2.24) is 4.90 Å². The third-order valence-corrected chi connectivity index (χ3v) is 4.83. The molecule has 2 heterocycles. The molecular formula is C21H20N2O2. The monoisotopic (exact) mass is 332 g/mol. The van der Waals surface area contributed by atoms with Gasteiger partial charge in [0.15, 0.2) is 0 Å². The zero-order chi connectivity index (χ0) is 17.2. The zero-order valence-electron chi connectivity index (χ0n) is 14.0. The number of carbonyl (C=O) groups is 2. The summed E-state index contributed by atoms with van der Waals surface area (Å²) in [6, 6.07) is 15.8. The SMILES string of the molecule is O=C1CCc2cc(C(=O)N3CCC=C(c4ccccc4)C3)ccc2N1. The van der Waals surface area contributed by atoms with Crippen molar-refractivity contribution in [2.24, 2.45) is 0 Å². The van der Waals surface area contributed by atoms with Crippen molar-refractivity contribution in [3.63, 3.8) is 0 Å². The molecule has 0 saturated heterocycles. The van der Waals surface area contributed by atoms with Gasteiger partial charge in [-0.1, -0.05) is 36.4 Å². The molecule has 0 spiro atoms. The zero-order valence-corrected chi connectivity index (χ0v) is 14.0. The van der Waals surface area contributed by atoms with Gasteiger partial charge < -0.3 is 10.2 Å². The summed E-state index contributed by atoms with van der Waals surface area (Å²) >= 11 is 0. The molecule has 0 atom stereocenters. The van der Waals surface area contributed by atoms with E-state index in [1.807, 2.05) is 41.3 Å². The van der Waals surface area contributed by atoms with Gasteiger partial charge in [0.2, 0.25) is 5.91 Å². The molecule has 0 radical (unpaired) electrons. The van der Waals surface area contributed by atoms with E-state index in [0.29, 0.717) is 24.9 Å². The van der Waals surface area contributed by atoms with Gasteiger partial charge in [0.25, 0.3) is 5.91 Å². The topological polar surface area (TPSA) is 49.4 Å². The standard InChI is InChI=1S/C21H20N2O2/c24-20-11-9-16-13-17(8-10-19(16)22-20)21(25)23-12-4-7-18(14-23)15-5-2-1-3-6-15/h1-3,5-8,10,13H,4,9,11-12,14H2,(H,22,24). The first-order chi connectivity index (χ1) is 12.2. The van der Waals surface area contributed by atoms with E-state index < -0.39 is 0 Å². The average Bonchev–Trinajstić information content (AvgIpc) is 2.68. The van der Waals surface area contributed by atoms with Gasteiger partial charge in [-0.25, -0.2) is 0 Å². The van der Waals surface area contributed by atoms with Crippen LogP contribution in [0.1, 0.15) is 34.3 Å². The third-order valence-electron chi connectivity index (χ3n) is 4.83. The molecule has 2 aromatic rings. The summed E-state index contributed by atoms with van der Waals surface area (Å²) in [5.74, 6) is 0.0986. The lowest BCUT2D eigenvalue weighted by molar-refractivity contribution is -0.116. The Morgan fingerprint density at radius 2 is 1.88 bits per heavy atom. The molecule has 4 heteroatoms. The van der Waals surface area contributed by atoms with Crippen molar-refractivity contribution in [3.8, 4) is 0 Å². The lowest BCUT2D eigenvalue weighted by Gasteiger charge is -2.28. The maximum absolute atomic E-state index is 12.9. The fourth-order valence-electron chi connectivity index (χ4n) is 3.48. The molecule has 2 aliphatic rings. The molecule has 0 aliphatic carbocycles.